The second-order valence-electron chi connectivity index (χ2n) is 8.63. The molecule has 2 unspecified atom stereocenters. The van der Waals surface area contributed by atoms with Crippen molar-refractivity contribution in [2.75, 3.05) is 12.4 Å². The van der Waals surface area contributed by atoms with Gasteiger partial charge in [0.1, 0.15) is 0 Å². The molecule has 0 amide bonds. The van der Waals surface area contributed by atoms with Gasteiger partial charge in [-0.3, -0.25) is 4.18 Å². The van der Waals surface area contributed by atoms with E-state index in [-0.39, 0.29) is 18.4 Å². The molecule has 0 aliphatic heterocycles. The smallest absolute Gasteiger partial charge is 0.396 e. The normalized spacial score (nSPS) is 36.1. The van der Waals surface area contributed by atoms with Gasteiger partial charge in [-0.1, -0.05) is 0 Å². The lowest BCUT2D eigenvalue weighted by Crippen LogP contribution is -2.57. The van der Waals surface area contributed by atoms with Crippen LogP contribution in [0.1, 0.15) is 44.9 Å². The zero-order valence-electron chi connectivity index (χ0n) is 14.7. The first kappa shape index (κ1) is 22.2. The van der Waals surface area contributed by atoms with Crippen molar-refractivity contribution in [2.45, 2.75) is 61.7 Å². The van der Waals surface area contributed by atoms with Crippen LogP contribution in [0.25, 0.3) is 0 Å². The van der Waals surface area contributed by atoms with E-state index in [2.05, 4.69) is 0 Å². The molecule has 0 saturated heterocycles. The zero-order chi connectivity index (χ0) is 21.2. The Kier molecular flexibility index (Phi) is 5.15. The summed E-state index contributed by atoms with van der Waals surface area (Å²) >= 11 is 0. The molecule has 4 aliphatic rings. The Labute approximate surface area is 160 Å². The summed E-state index contributed by atoms with van der Waals surface area (Å²) in [6, 6.07) is 0. The molecule has 4 saturated carbocycles. The molecule has 0 aromatic carbocycles. The second-order valence-corrected chi connectivity index (χ2v) is 11.8. The lowest BCUT2D eigenvalue weighted by molar-refractivity contribution is -0.172. The minimum Gasteiger partial charge on any atom is -0.743 e. The number of hydrogen-bond donors (Lipinski definition) is 1. The highest BCUT2D eigenvalue weighted by Gasteiger charge is 2.62. The van der Waals surface area contributed by atoms with Crippen molar-refractivity contribution in [3.8, 4) is 0 Å². The Morgan fingerprint density at radius 3 is 2.04 bits per heavy atom. The van der Waals surface area contributed by atoms with Gasteiger partial charge in [0.2, 0.25) is 0 Å². The molecule has 4 bridgehead atoms. The van der Waals surface area contributed by atoms with Gasteiger partial charge in [-0.25, -0.2) is 8.42 Å². The highest BCUT2D eigenvalue weighted by Crippen LogP contribution is 2.61. The number of aliphatic hydroxyl groups is 1. The summed E-state index contributed by atoms with van der Waals surface area (Å²) in [4.78, 5) is 0. The van der Waals surface area contributed by atoms with E-state index in [4.69, 9.17) is 4.18 Å². The zero-order valence-corrected chi connectivity index (χ0v) is 16.4. The SMILES string of the molecule is O=S(=O)(CCC(F)(F)C(F)(F)S(=O)(=O)[O-])OCC12CC3CC(CC(O)(C3)C1)C2. The van der Waals surface area contributed by atoms with Crippen LogP contribution in [0.5, 0.6) is 0 Å². The Balaban J connectivity index is 1.62. The van der Waals surface area contributed by atoms with E-state index in [1.54, 1.807) is 0 Å². The topological polar surface area (TPSA) is 121 Å². The van der Waals surface area contributed by atoms with Gasteiger partial charge >= 0.3 is 11.2 Å². The van der Waals surface area contributed by atoms with E-state index in [0.29, 0.717) is 32.1 Å². The van der Waals surface area contributed by atoms with Crippen LogP contribution in [-0.4, -0.2) is 55.6 Å². The molecule has 13 heteroatoms. The van der Waals surface area contributed by atoms with E-state index in [1.165, 1.54) is 0 Å². The standard InChI is InChI=1S/C15H22F4O7S2/c16-14(17,15(18,19)28(23,24)25)1-2-27(21,22)26-9-12-4-10-3-11(5-12)7-13(20,6-10)8-12/h10-11,20H,1-9H2,(H,23,24,25)/p-1. The van der Waals surface area contributed by atoms with Crippen LogP contribution in [0, 0.1) is 17.3 Å². The van der Waals surface area contributed by atoms with Gasteiger partial charge in [0.25, 0.3) is 10.1 Å². The van der Waals surface area contributed by atoms with Crippen molar-refractivity contribution < 1.29 is 48.2 Å². The van der Waals surface area contributed by atoms with Crippen molar-refractivity contribution in [3.63, 3.8) is 0 Å². The molecule has 164 valence electrons. The van der Waals surface area contributed by atoms with Crippen LogP contribution in [0.2, 0.25) is 0 Å². The number of rotatable bonds is 8. The summed E-state index contributed by atoms with van der Waals surface area (Å²) in [5.74, 6) is -6.48. The van der Waals surface area contributed by atoms with Gasteiger partial charge in [0.15, 0.2) is 10.1 Å². The predicted octanol–water partition coefficient (Wildman–Crippen LogP) is 1.83. The van der Waals surface area contributed by atoms with Crippen LogP contribution in [-0.2, 0) is 24.4 Å². The second kappa shape index (κ2) is 6.50. The number of hydrogen-bond acceptors (Lipinski definition) is 7. The van der Waals surface area contributed by atoms with E-state index in [0.717, 1.165) is 6.42 Å². The van der Waals surface area contributed by atoms with Gasteiger partial charge in [-0.2, -0.15) is 26.0 Å². The molecule has 0 radical (unpaired) electrons. The first-order valence-corrected chi connectivity index (χ1v) is 11.8. The lowest BCUT2D eigenvalue weighted by Gasteiger charge is -2.60. The fraction of sp³-hybridized carbons (Fsp3) is 1.00. The third-order valence-corrected chi connectivity index (χ3v) is 8.21. The minimum atomic E-state index is -6.67. The van der Waals surface area contributed by atoms with E-state index in [1.807, 2.05) is 0 Å². The lowest BCUT2D eigenvalue weighted by atomic mass is 9.48. The van der Waals surface area contributed by atoms with Crippen LogP contribution in [0.3, 0.4) is 0 Å². The van der Waals surface area contributed by atoms with Crippen LogP contribution in [0.15, 0.2) is 0 Å². The average Bonchev–Trinajstić information content (AvgIpc) is 2.48. The number of alkyl halides is 4. The summed E-state index contributed by atoms with van der Waals surface area (Å²) in [6.07, 6.45) is 1.69. The first-order chi connectivity index (χ1) is 12.5. The molecule has 2 atom stereocenters. The molecule has 0 heterocycles. The minimum absolute atomic E-state index is 0.225. The first-order valence-electron chi connectivity index (χ1n) is 8.79. The summed E-state index contributed by atoms with van der Waals surface area (Å²) in [5, 5.41) is 4.67. The molecule has 1 N–H and O–H groups in total. The summed E-state index contributed by atoms with van der Waals surface area (Å²) in [7, 11) is -11.4. The fourth-order valence-corrected chi connectivity index (χ4v) is 6.95. The molecule has 0 spiro atoms. The quantitative estimate of drug-likeness (QED) is 0.338. The summed E-state index contributed by atoms with van der Waals surface area (Å²) in [5.41, 5.74) is -1.51. The summed E-state index contributed by atoms with van der Waals surface area (Å²) < 4.78 is 113. The highest BCUT2D eigenvalue weighted by molar-refractivity contribution is 7.87. The van der Waals surface area contributed by atoms with Crippen LogP contribution < -0.4 is 0 Å². The fourth-order valence-electron chi connectivity index (χ4n) is 5.43. The third-order valence-electron chi connectivity index (χ3n) is 6.10. The van der Waals surface area contributed by atoms with Crippen molar-refractivity contribution in [1.29, 1.82) is 0 Å². The predicted molar refractivity (Wildman–Crippen MR) is 86.0 cm³/mol. The maximum Gasteiger partial charge on any atom is 0.396 e. The summed E-state index contributed by atoms with van der Waals surface area (Å²) in [6.45, 7) is -0.355. The van der Waals surface area contributed by atoms with Crippen LogP contribution >= 0.6 is 0 Å². The van der Waals surface area contributed by atoms with Gasteiger partial charge in [0.05, 0.1) is 18.0 Å². The van der Waals surface area contributed by atoms with Gasteiger partial charge in [0, 0.05) is 6.42 Å². The molecule has 4 rings (SSSR count). The largest absolute Gasteiger partial charge is 0.743 e. The maximum atomic E-state index is 13.4. The van der Waals surface area contributed by atoms with Crippen molar-refractivity contribution in [1.82, 2.24) is 0 Å². The van der Waals surface area contributed by atoms with E-state index >= 15 is 0 Å². The van der Waals surface area contributed by atoms with Gasteiger partial charge in [-0.15, -0.1) is 0 Å². The Morgan fingerprint density at radius 2 is 1.57 bits per heavy atom. The van der Waals surface area contributed by atoms with Crippen LogP contribution in [0.4, 0.5) is 17.6 Å². The van der Waals surface area contributed by atoms with Crippen molar-refractivity contribution >= 4 is 20.2 Å². The van der Waals surface area contributed by atoms with Gasteiger partial charge < -0.3 is 9.66 Å². The van der Waals surface area contributed by atoms with E-state index < -0.39 is 54.6 Å². The molecular formula is C15H21F4O7S2-. The Hall–Kier alpha value is -0.500. The monoisotopic (exact) mass is 453 g/mol. The van der Waals surface area contributed by atoms with Crippen molar-refractivity contribution in [3.05, 3.63) is 0 Å². The molecular weight excluding hydrogens is 432 g/mol. The highest BCUT2D eigenvalue weighted by atomic mass is 32.2. The maximum absolute atomic E-state index is 13.4. The molecule has 4 fully saturated rings. The molecule has 28 heavy (non-hydrogen) atoms. The van der Waals surface area contributed by atoms with E-state index in [9.17, 15) is 44.1 Å². The third kappa shape index (κ3) is 4.05. The van der Waals surface area contributed by atoms with Crippen molar-refractivity contribution in [2.24, 2.45) is 17.3 Å². The van der Waals surface area contributed by atoms with Gasteiger partial charge in [-0.05, 0) is 55.8 Å². The number of halogens is 4. The molecule has 0 aromatic heterocycles. The molecule has 4 aliphatic carbocycles. The average molecular weight is 453 g/mol. The molecule has 7 nitrogen and oxygen atoms in total. The Morgan fingerprint density at radius 1 is 1.04 bits per heavy atom. The Bertz CT molecular complexity index is 826. The molecule has 0 aromatic rings.